The first-order valence-electron chi connectivity index (χ1n) is 6.47. The van der Waals surface area contributed by atoms with Crippen molar-refractivity contribution in [2.75, 3.05) is 6.54 Å². The van der Waals surface area contributed by atoms with E-state index in [0.717, 1.165) is 5.56 Å². The van der Waals surface area contributed by atoms with Gasteiger partial charge in [-0.1, -0.05) is 19.2 Å². The van der Waals surface area contributed by atoms with Crippen molar-refractivity contribution in [1.29, 1.82) is 0 Å². The molecule has 22 heavy (non-hydrogen) atoms. The van der Waals surface area contributed by atoms with E-state index in [9.17, 15) is 9.59 Å². The highest BCUT2D eigenvalue weighted by molar-refractivity contribution is 6.00. The number of rotatable bonds is 4. The molecule has 0 saturated carbocycles. The standard InChI is InChI=1S/C8H11NO2.C8H10O3/c9-4-3-6-1-2-7(10)8(11)5-6;1-5(2)7(9)11-8(10)6(3)4/h1-2,5,10-11H,3-4,9H2;1,3H2,2,4H3. The highest BCUT2D eigenvalue weighted by Crippen LogP contribution is 2.24. The molecule has 1 aromatic rings. The number of aromatic hydroxyl groups is 2. The topological polar surface area (TPSA) is 110 Å². The molecule has 6 nitrogen and oxygen atoms in total. The average molecular weight is 307 g/mol. The molecular weight excluding hydrogens is 286 g/mol. The molecule has 0 aliphatic heterocycles. The number of nitrogens with two attached hydrogens (primary N) is 1. The zero-order valence-electron chi connectivity index (χ0n) is 12.8. The maximum atomic E-state index is 10.7. The van der Waals surface area contributed by atoms with E-state index in [1.54, 1.807) is 6.07 Å². The van der Waals surface area contributed by atoms with Gasteiger partial charge in [-0.2, -0.15) is 0 Å². The third-order valence-corrected chi connectivity index (χ3v) is 2.36. The van der Waals surface area contributed by atoms with Crippen LogP contribution in [0.2, 0.25) is 0 Å². The summed E-state index contributed by atoms with van der Waals surface area (Å²) in [5, 5.41) is 18.0. The van der Waals surface area contributed by atoms with Crippen LogP contribution >= 0.6 is 0 Å². The average Bonchev–Trinajstić information content (AvgIpc) is 2.43. The first-order chi connectivity index (χ1) is 10.2. The number of benzene rings is 1. The van der Waals surface area contributed by atoms with Crippen LogP contribution in [-0.4, -0.2) is 28.7 Å². The molecule has 0 amide bonds. The van der Waals surface area contributed by atoms with Crippen LogP contribution in [0.5, 0.6) is 11.5 Å². The van der Waals surface area contributed by atoms with Gasteiger partial charge in [0.1, 0.15) is 0 Å². The smallest absolute Gasteiger partial charge is 0.340 e. The SMILES string of the molecule is C=C(C)C(=O)OC(=O)C(=C)C.NCCc1ccc(O)c(O)c1. The molecular formula is C16H21NO5. The predicted molar refractivity (Wildman–Crippen MR) is 83.3 cm³/mol. The summed E-state index contributed by atoms with van der Waals surface area (Å²) in [7, 11) is 0. The molecule has 0 aliphatic carbocycles. The minimum absolute atomic E-state index is 0.0871. The lowest BCUT2D eigenvalue weighted by atomic mass is 10.1. The Bertz CT molecular complexity index is 554. The van der Waals surface area contributed by atoms with Crippen molar-refractivity contribution in [2.24, 2.45) is 5.73 Å². The molecule has 0 aromatic heterocycles. The van der Waals surface area contributed by atoms with Crippen LogP contribution in [-0.2, 0) is 20.7 Å². The summed E-state index contributed by atoms with van der Waals surface area (Å²) in [6, 6.07) is 4.71. The number of hydrogen-bond donors (Lipinski definition) is 3. The molecule has 0 fully saturated rings. The second-order valence-electron chi connectivity index (χ2n) is 4.60. The largest absolute Gasteiger partial charge is 0.504 e. The number of phenolic OH excluding ortho intramolecular Hbond substituents is 2. The number of carbonyl (C=O) groups excluding carboxylic acids is 2. The molecule has 120 valence electrons. The Morgan fingerprint density at radius 1 is 1.09 bits per heavy atom. The van der Waals surface area contributed by atoms with E-state index < -0.39 is 11.9 Å². The van der Waals surface area contributed by atoms with E-state index >= 15 is 0 Å². The van der Waals surface area contributed by atoms with E-state index in [1.807, 2.05) is 0 Å². The molecule has 0 saturated heterocycles. The monoisotopic (exact) mass is 307 g/mol. The summed E-state index contributed by atoms with van der Waals surface area (Å²) >= 11 is 0. The molecule has 0 atom stereocenters. The van der Waals surface area contributed by atoms with Crippen molar-refractivity contribution in [3.8, 4) is 11.5 Å². The second kappa shape index (κ2) is 9.36. The Kier molecular flexibility index (Phi) is 8.25. The molecule has 0 radical (unpaired) electrons. The summed E-state index contributed by atoms with van der Waals surface area (Å²) in [6.07, 6.45) is 0.716. The van der Waals surface area contributed by atoms with Crippen molar-refractivity contribution in [3.63, 3.8) is 0 Å². The Morgan fingerprint density at radius 2 is 1.59 bits per heavy atom. The van der Waals surface area contributed by atoms with Gasteiger partial charge in [-0.25, -0.2) is 9.59 Å². The van der Waals surface area contributed by atoms with Crippen molar-refractivity contribution < 1.29 is 24.5 Å². The molecule has 1 rings (SSSR count). The third kappa shape index (κ3) is 7.25. The minimum Gasteiger partial charge on any atom is -0.504 e. The van der Waals surface area contributed by atoms with Crippen LogP contribution in [0.25, 0.3) is 0 Å². The van der Waals surface area contributed by atoms with Gasteiger partial charge in [-0.15, -0.1) is 0 Å². The van der Waals surface area contributed by atoms with Crippen molar-refractivity contribution >= 4 is 11.9 Å². The second-order valence-corrected chi connectivity index (χ2v) is 4.60. The van der Waals surface area contributed by atoms with Crippen LogP contribution in [0.15, 0.2) is 42.5 Å². The van der Waals surface area contributed by atoms with Gasteiger partial charge in [0.2, 0.25) is 0 Å². The molecule has 0 spiro atoms. The van der Waals surface area contributed by atoms with Gasteiger partial charge in [-0.3, -0.25) is 0 Å². The van der Waals surface area contributed by atoms with Gasteiger partial charge in [-0.05, 0) is 44.5 Å². The fourth-order valence-corrected chi connectivity index (χ4v) is 1.15. The number of carbonyl (C=O) groups is 2. The number of ether oxygens (including phenoxy) is 1. The molecule has 1 aromatic carbocycles. The van der Waals surface area contributed by atoms with Crippen LogP contribution in [0.1, 0.15) is 19.4 Å². The molecule has 0 bridgehead atoms. The first kappa shape index (κ1) is 19.4. The lowest BCUT2D eigenvalue weighted by molar-refractivity contribution is -0.153. The van der Waals surface area contributed by atoms with Gasteiger partial charge in [0.05, 0.1) is 0 Å². The number of phenols is 2. The van der Waals surface area contributed by atoms with Gasteiger partial charge in [0.15, 0.2) is 11.5 Å². The summed E-state index contributed by atoms with van der Waals surface area (Å²) in [6.45, 7) is 10.1. The van der Waals surface area contributed by atoms with E-state index in [2.05, 4.69) is 17.9 Å². The highest BCUT2D eigenvalue weighted by Gasteiger charge is 2.10. The summed E-state index contributed by atoms with van der Waals surface area (Å²) in [5.41, 5.74) is 6.63. The molecule has 0 unspecified atom stereocenters. The highest BCUT2D eigenvalue weighted by atomic mass is 16.6. The molecule has 4 N–H and O–H groups in total. The Hall–Kier alpha value is -2.60. The van der Waals surface area contributed by atoms with Crippen LogP contribution < -0.4 is 5.73 Å². The Morgan fingerprint density at radius 3 is 1.95 bits per heavy atom. The third-order valence-electron chi connectivity index (χ3n) is 2.36. The number of esters is 2. The van der Waals surface area contributed by atoms with Gasteiger partial charge in [0, 0.05) is 11.1 Å². The molecule has 0 heterocycles. The van der Waals surface area contributed by atoms with Gasteiger partial charge < -0.3 is 20.7 Å². The zero-order chi connectivity index (χ0) is 17.3. The van der Waals surface area contributed by atoms with Gasteiger partial charge >= 0.3 is 11.9 Å². The van der Waals surface area contributed by atoms with Crippen molar-refractivity contribution in [3.05, 3.63) is 48.1 Å². The quantitative estimate of drug-likeness (QED) is 0.339. The van der Waals surface area contributed by atoms with Crippen LogP contribution in [0.4, 0.5) is 0 Å². The van der Waals surface area contributed by atoms with Crippen molar-refractivity contribution in [2.45, 2.75) is 20.3 Å². The Balaban J connectivity index is 0.000000401. The summed E-state index contributed by atoms with van der Waals surface area (Å²) in [5.74, 6) is -1.60. The fourth-order valence-electron chi connectivity index (χ4n) is 1.15. The maximum absolute atomic E-state index is 10.7. The molecule has 0 aliphatic rings. The van der Waals surface area contributed by atoms with Crippen molar-refractivity contribution in [1.82, 2.24) is 0 Å². The lowest BCUT2D eigenvalue weighted by Gasteiger charge is -2.00. The van der Waals surface area contributed by atoms with Crippen LogP contribution in [0, 0.1) is 0 Å². The predicted octanol–water partition coefficient (Wildman–Crippen LogP) is 1.81. The van der Waals surface area contributed by atoms with Crippen LogP contribution in [0.3, 0.4) is 0 Å². The minimum atomic E-state index is -0.710. The van der Waals surface area contributed by atoms with E-state index in [0.29, 0.717) is 13.0 Å². The van der Waals surface area contributed by atoms with E-state index in [-0.39, 0.29) is 22.6 Å². The first-order valence-corrected chi connectivity index (χ1v) is 6.47. The fraction of sp³-hybridized carbons (Fsp3) is 0.250. The Labute approximate surface area is 129 Å². The van der Waals surface area contributed by atoms with E-state index in [4.69, 9.17) is 15.9 Å². The summed E-state index contributed by atoms with van der Waals surface area (Å²) in [4.78, 5) is 21.3. The van der Waals surface area contributed by atoms with E-state index in [1.165, 1.54) is 26.0 Å². The normalized spacial score (nSPS) is 9.23. The molecule has 6 heteroatoms. The maximum Gasteiger partial charge on any atom is 0.340 e. The zero-order valence-corrected chi connectivity index (χ0v) is 12.8. The van der Waals surface area contributed by atoms with Gasteiger partial charge in [0.25, 0.3) is 0 Å². The number of hydrogen-bond acceptors (Lipinski definition) is 6. The lowest BCUT2D eigenvalue weighted by Crippen LogP contribution is -2.12. The summed E-state index contributed by atoms with van der Waals surface area (Å²) < 4.78 is 4.30.